The number of carbonyl (C=O) groups is 1. The van der Waals surface area contributed by atoms with Gasteiger partial charge in [0.2, 0.25) is 0 Å². The second kappa shape index (κ2) is 8.76. The summed E-state index contributed by atoms with van der Waals surface area (Å²) in [7, 11) is -2.28. The number of hydrogen-bond acceptors (Lipinski definition) is 3. The van der Waals surface area contributed by atoms with Gasteiger partial charge in [-0.2, -0.15) is 0 Å². The molecule has 0 spiro atoms. The molecule has 0 saturated carbocycles. The molecule has 7 heteroatoms. The molecule has 2 aromatic carbocycles. The Bertz CT molecular complexity index is 911. The van der Waals surface area contributed by atoms with E-state index in [2.05, 4.69) is 12.2 Å². The summed E-state index contributed by atoms with van der Waals surface area (Å²) in [6.45, 7) is 5.82. The largest absolute Gasteiger partial charge is 0.350 e. The molecule has 1 amide bonds. The quantitative estimate of drug-likeness (QED) is 0.738. The average molecular weight is 409 g/mol. The normalized spacial score (nSPS) is 12.5. The van der Waals surface area contributed by atoms with Crippen LogP contribution in [0.5, 0.6) is 0 Å². The molecule has 0 heterocycles. The molecule has 0 aliphatic carbocycles. The third-order valence-corrected chi connectivity index (χ3v) is 6.42. The maximum atomic E-state index is 12.9. The number of carbonyl (C=O) groups excluding carboxylic acids is 1. The number of halogens is 1. The highest BCUT2D eigenvalue weighted by molar-refractivity contribution is 7.92. The van der Waals surface area contributed by atoms with E-state index in [1.165, 1.54) is 35.6 Å². The Hall–Kier alpha value is -2.05. The maximum absolute atomic E-state index is 12.9. The van der Waals surface area contributed by atoms with Gasteiger partial charge in [0.25, 0.3) is 15.9 Å². The molecule has 0 fully saturated rings. The summed E-state index contributed by atoms with van der Waals surface area (Å²) in [5.41, 5.74) is 1.64. The van der Waals surface area contributed by atoms with Gasteiger partial charge in [0.1, 0.15) is 0 Å². The second-order valence-electron chi connectivity index (χ2n) is 6.59. The Morgan fingerprint density at radius 1 is 1.19 bits per heavy atom. The molecule has 0 bridgehead atoms. The van der Waals surface area contributed by atoms with Crippen LogP contribution in [0.1, 0.15) is 42.6 Å². The van der Waals surface area contributed by atoms with Gasteiger partial charge < -0.3 is 5.32 Å². The van der Waals surface area contributed by atoms with Crippen molar-refractivity contribution in [3.63, 3.8) is 0 Å². The Morgan fingerprint density at radius 3 is 2.41 bits per heavy atom. The predicted molar refractivity (Wildman–Crippen MR) is 110 cm³/mol. The lowest BCUT2D eigenvalue weighted by atomic mass is 10.1. The van der Waals surface area contributed by atoms with E-state index in [0.29, 0.717) is 16.3 Å². The molecule has 146 valence electrons. The lowest BCUT2D eigenvalue weighted by Gasteiger charge is -2.22. The number of rotatable bonds is 7. The standard InChI is InChI=1S/C20H25ClN2O3S/c1-5-6-15(3)22-20(24)16-8-7-14(2)19(13-16)23(4)27(25,26)18-11-9-17(21)10-12-18/h7-13,15H,5-6H2,1-4H3,(H,22,24). The first kappa shape index (κ1) is 21.3. The summed E-state index contributed by atoms with van der Waals surface area (Å²) in [4.78, 5) is 12.6. The van der Waals surface area contributed by atoms with Crippen molar-refractivity contribution in [2.45, 2.75) is 44.6 Å². The van der Waals surface area contributed by atoms with E-state index in [1.807, 2.05) is 13.8 Å². The van der Waals surface area contributed by atoms with Crippen LogP contribution in [0, 0.1) is 6.92 Å². The summed E-state index contributed by atoms with van der Waals surface area (Å²) in [6.07, 6.45) is 1.86. The molecule has 2 rings (SSSR count). The van der Waals surface area contributed by atoms with Gasteiger partial charge in [-0.1, -0.05) is 31.0 Å². The molecule has 0 saturated heterocycles. The van der Waals surface area contributed by atoms with Gasteiger partial charge in [-0.15, -0.1) is 0 Å². The van der Waals surface area contributed by atoms with E-state index in [9.17, 15) is 13.2 Å². The second-order valence-corrected chi connectivity index (χ2v) is 9.00. The first-order chi connectivity index (χ1) is 12.7. The number of nitrogens with one attached hydrogen (secondary N) is 1. The highest BCUT2D eigenvalue weighted by Gasteiger charge is 2.23. The number of amides is 1. The van der Waals surface area contributed by atoms with E-state index in [1.54, 1.807) is 18.2 Å². The Balaban J connectivity index is 2.34. The summed E-state index contributed by atoms with van der Waals surface area (Å²) in [6, 6.07) is 11.1. The summed E-state index contributed by atoms with van der Waals surface area (Å²) in [5, 5.41) is 3.40. The van der Waals surface area contributed by atoms with Crippen LogP contribution in [0.3, 0.4) is 0 Å². The van der Waals surface area contributed by atoms with E-state index >= 15 is 0 Å². The molecule has 1 N–H and O–H groups in total. The van der Waals surface area contributed by atoms with Crippen LogP contribution < -0.4 is 9.62 Å². The van der Waals surface area contributed by atoms with Crippen LogP contribution in [-0.2, 0) is 10.0 Å². The third kappa shape index (κ3) is 5.02. The zero-order valence-corrected chi connectivity index (χ0v) is 17.6. The van der Waals surface area contributed by atoms with Crippen molar-refractivity contribution in [1.82, 2.24) is 5.32 Å². The summed E-state index contributed by atoms with van der Waals surface area (Å²) in [5.74, 6) is -0.213. The smallest absolute Gasteiger partial charge is 0.264 e. The van der Waals surface area contributed by atoms with Gasteiger partial charge in [0.15, 0.2) is 0 Å². The number of anilines is 1. The lowest BCUT2D eigenvalue weighted by molar-refractivity contribution is 0.0938. The van der Waals surface area contributed by atoms with Crippen molar-refractivity contribution < 1.29 is 13.2 Å². The fourth-order valence-corrected chi connectivity index (χ4v) is 4.17. The molecule has 1 unspecified atom stereocenters. The minimum atomic E-state index is -3.76. The van der Waals surface area contributed by atoms with Gasteiger partial charge >= 0.3 is 0 Å². The fourth-order valence-electron chi connectivity index (χ4n) is 2.80. The van der Waals surface area contributed by atoms with Crippen molar-refractivity contribution in [3.8, 4) is 0 Å². The van der Waals surface area contributed by atoms with Gasteiger partial charge in [-0.05, 0) is 62.2 Å². The minimum absolute atomic E-state index is 0.0581. The molecule has 0 radical (unpaired) electrons. The zero-order valence-electron chi connectivity index (χ0n) is 16.0. The van der Waals surface area contributed by atoms with Crippen molar-refractivity contribution >= 4 is 33.2 Å². The Kier molecular flexibility index (Phi) is 6.89. The van der Waals surface area contributed by atoms with Crippen molar-refractivity contribution in [2.75, 3.05) is 11.4 Å². The maximum Gasteiger partial charge on any atom is 0.264 e. The molecule has 0 aromatic heterocycles. The highest BCUT2D eigenvalue weighted by atomic mass is 35.5. The first-order valence-corrected chi connectivity index (χ1v) is 10.6. The predicted octanol–water partition coefficient (Wildman–Crippen LogP) is 4.39. The third-order valence-electron chi connectivity index (χ3n) is 4.38. The molecule has 27 heavy (non-hydrogen) atoms. The average Bonchev–Trinajstić information content (AvgIpc) is 2.62. The number of sulfonamides is 1. The number of hydrogen-bond donors (Lipinski definition) is 1. The van der Waals surface area contributed by atoms with Gasteiger partial charge in [-0.3, -0.25) is 9.10 Å². The Morgan fingerprint density at radius 2 is 1.81 bits per heavy atom. The Labute approximate surface area is 166 Å². The van der Waals surface area contributed by atoms with Crippen LogP contribution in [0.25, 0.3) is 0 Å². The van der Waals surface area contributed by atoms with Crippen LogP contribution in [-0.4, -0.2) is 27.4 Å². The monoisotopic (exact) mass is 408 g/mol. The summed E-state index contributed by atoms with van der Waals surface area (Å²) < 4.78 is 27.0. The van der Waals surface area contributed by atoms with Gasteiger partial charge in [-0.25, -0.2) is 8.42 Å². The molecular weight excluding hydrogens is 384 g/mol. The first-order valence-electron chi connectivity index (χ1n) is 8.82. The molecule has 0 aliphatic heterocycles. The van der Waals surface area contributed by atoms with Crippen LogP contribution >= 0.6 is 11.6 Å². The zero-order chi connectivity index (χ0) is 20.2. The van der Waals surface area contributed by atoms with E-state index in [4.69, 9.17) is 11.6 Å². The van der Waals surface area contributed by atoms with Gasteiger partial charge in [0, 0.05) is 23.7 Å². The van der Waals surface area contributed by atoms with E-state index in [0.717, 1.165) is 18.4 Å². The SMILES string of the molecule is CCCC(C)NC(=O)c1ccc(C)c(N(C)S(=O)(=O)c2ccc(Cl)cc2)c1. The van der Waals surface area contributed by atoms with E-state index in [-0.39, 0.29) is 16.8 Å². The van der Waals surface area contributed by atoms with E-state index < -0.39 is 10.0 Å². The number of nitrogens with zero attached hydrogens (tertiary/aromatic N) is 1. The fraction of sp³-hybridized carbons (Fsp3) is 0.350. The number of benzene rings is 2. The molecular formula is C20H25ClN2O3S. The van der Waals surface area contributed by atoms with Crippen molar-refractivity contribution in [3.05, 3.63) is 58.6 Å². The van der Waals surface area contributed by atoms with Gasteiger partial charge in [0.05, 0.1) is 10.6 Å². The summed E-state index contributed by atoms with van der Waals surface area (Å²) >= 11 is 5.85. The van der Waals surface area contributed by atoms with Crippen molar-refractivity contribution in [2.24, 2.45) is 0 Å². The lowest BCUT2D eigenvalue weighted by Crippen LogP contribution is -2.33. The van der Waals surface area contributed by atoms with Crippen LogP contribution in [0.15, 0.2) is 47.4 Å². The molecule has 5 nitrogen and oxygen atoms in total. The number of aryl methyl sites for hydroxylation is 1. The highest BCUT2D eigenvalue weighted by Crippen LogP contribution is 2.27. The van der Waals surface area contributed by atoms with Crippen LogP contribution in [0.2, 0.25) is 5.02 Å². The van der Waals surface area contributed by atoms with Crippen LogP contribution in [0.4, 0.5) is 5.69 Å². The van der Waals surface area contributed by atoms with Crippen molar-refractivity contribution in [1.29, 1.82) is 0 Å². The molecule has 2 aromatic rings. The molecule has 1 atom stereocenters. The molecule has 0 aliphatic rings. The minimum Gasteiger partial charge on any atom is -0.350 e. The topological polar surface area (TPSA) is 66.5 Å².